The molecule has 3 aliphatic rings. The minimum absolute atomic E-state index is 0.000498. The summed E-state index contributed by atoms with van der Waals surface area (Å²) in [6.45, 7) is 9.92. The summed E-state index contributed by atoms with van der Waals surface area (Å²) in [5.41, 5.74) is 3.43. The van der Waals surface area contributed by atoms with E-state index in [1.54, 1.807) is 30.0 Å². The lowest BCUT2D eigenvalue weighted by Gasteiger charge is -2.60. The number of fused-ring (bicyclic) bond motifs is 2. The van der Waals surface area contributed by atoms with Gasteiger partial charge in [0.25, 0.3) is 5.69 Å². The van der Waals surface area contributed by atoms with E-state index in [0.717, 1.165) is 85.3 Å². The number of non-ortho nitro benzene ring substituents is 1. The minimum atomic E-state index is -1.33. The van der Waals surface area contributed by atoms with E-state index in [0.29, 0.717) is 44.6 Å². The molecule has 1 heterocycles. The van der Waals surface area contributed by atoms with Crippen LogP contribution in [0.3, 0.4) is 0 Å². The lowest BCUT2D eigenvalue weighted by Crippen LogP contribution is -2.70. The summed E-state index contributed by atoms with van der Waals surface area (Å²) < 4.78 is 21.2. The average molecular weight is 982 g/mol. The second-order valence-electron chi connectivity index (χ2n) is 19.1. The van der Waals surface area contributed by atoms with Crippen LogP contribution in [0.1, 0.15) is 146 Å². The largest absolute Gasteiger partial charge is 0.493 e. The van der Waals surface area contributed by atoms with Crippen molar-refractivity contribution in [1.82, 2.24) is 4.90 Å². The Morgan fingerprint density at radius 2 is 1.63 bits per heavy atom. The van der Waals surface area contributed by atoms with Crippen LogP contribution in [0, 0.1) is 27.9 Å². The number of rotatable bonds is 33. The van der Waals surface area contributed by atoms with E-state index in [4.69, 9.17) is 24.2 Å². The molecule has 1 aliphatic heterocycles. The van der Waals surface area contributed by atoms with Gasteiger partial charge < -0.3 is 34.2 Å². The Morgan fingerprint density at radius 1 is 0.914 bits per heavy atom. The zero-order valence-electron chi connectivity index (χ0n) is 41.9. The molecule has 3 aromatic carbocycles. The van der Waals surface area contributed by atoms with E-state index >= 15 is 0 Å². The highest BCUT2D eigenvalue weighted by Crippen LogP contribution is 2.62. The summed E-state index contributed by atoms with van der Waals surface area (Å²) in [5, 5.41) is 36.4. The van der Waals surface area contributed by atoms with Crippen LogP contribution < -0.4 is 9.47 Å². The van der Waals surface area contributed by atoms with Gasteiger partial charge in [-0.2, -0.15) is 0 Å². The maximum Gasteiger partial charge on any atom is 0.269 e. The van der Waals surface area contributed by atoms with E-state index in [1.165, 1.54) is 55.6 Å². The molecule has 6 unspecified atom stereocenters. The van der Waals surface area contributed by atoms with Crippen molar-refractivity contribution in [2.24, 2.45) is 22.9 Å². The molecule has 2 N–H and O–H groups in total. The van der Waals surface area contributed by atoms with Crippen molar-refractivity contribution in [2.75, 3.05) is 38.7 Å². The van der Waals surface area contributed by atoms with Crippen molar-refractivity contribution >= 4 is 29.1 Å². The highest BCUT2D eigenvalue weighted by atomic mass is 32.2. The predicted octanol–water partition coefficient (Wildman–Crippen LogP) is 12.8. The molecule has 382 valence electrons. The van der Waals surface area contributed by atoms with Gasteiger partial charge in [0.2, 0.25) is 11.7 Å². The first-order valence-corrected chi connectivity index (χ1v) is 27.3. The zero-order valence-corrected chi connectivity index (χ0v) is 42.7. The van der Waals surface area contributed by atoms with E-state index in [9.17, 15) is 25.1 Å². The summed E-state index contributed by atoms with van der Waals surface area (Å²) in [6.07, 6.45) is 20.6. The quantitative estimate of drug-likeness (QED) is 0.0198. The smallest absolute Gasteiger partial charge is 0.269 e. The molecule has 1 fully saturated rings. The number of nitro benzene ring substituents is 1. The number of benzene rings is 3. The molecule has 0 spiro atoms. The number of nitrogens with zero attached hydrogens (tertiary/aromatic N) is 3. The second kappa shape index (κ2) is 29.0. The van der Waals surface area contributed by atoms with Crippen LogP contribution in [-0.2, 0) is 21.0 Å². The van der Waals surface area contributed by atoms with E-state index in [-0.39, 0.29) is 55.8 Å². The number of carbonyl (C=O) groups is 1. The van der Waals surface area contributed by atoms with Gasteiger partial charge in [0, 0.05) is 66.9 Å². The van der Waals surface area contributed by atoms with Crippen LogP contribution >= 0.6 is 11.8 Å². The fourth-order valence-electron chi connectivity index (χ4n) is 10.9. The third-order valence-electron chi connectivity index (χ3n) is 14.2. The lowest BCUT2D eigenvalue weighted by molar-refractivity contribution is -0.384. The standard InChI is InChI=1S/C57H79N3O9S/c1-4-7-8-9-10-11-12-13-17-26-54(63)59(33-5-2)53-41-51(58-68-42-43-27-29-45(30-28-43)60(64)65)49-39-44(22-18-20-34-61)48(25-19-21-35-62)55-50-40-46(66-37-38-70-47-23-15-14-16-24-47)31-32-52(50)69-57(53,56(49)55)67-36-6-3/h6,14-16,23-24,27-32,39-40,44,48,53,55-56,61-62H,3-5,7-13,17-22,25-26,33-38,41-42H2,1-2H3. The molecule has 0 bridgehead atoms. The Hall–Kier alpha value is -4.69. The van der Waals surface area contributed by atoms with Crippen molar-refractivity contribution in [2.45, 2.75) is 159 Å². The lowest BCUT2D eigenvalue weighted by atomic mass is 9.55. The molecule has 0 radical (unpaired) electrons. The fraction of sp³-hybridized carbons (Fsp3) is 0.579. The normalized spacial score (nSPS) is 21.8. The van der Waals surface area contributed by atoms with Crippen LogP contribution in [-0.4, -0.2) is 82.2 Å². The van der Waals surface area contributed by atoms with Crippen molar-refractivity contribution in [3.8, 4) is 11.5 Å². The topological polar surface area (TPSA) is 153 Å². The number of hydrogen-bond acceptors (Lipinski definition) is 11. The summed E-state index contributed by atoms with van der Waals surface area (Å²) >= 11 is 1.75. The Labute approximate surface area is 421 Å². The molecule has 6 rings (SSSR count). The van der Waals surface area contributed by atoms with Gasteiger partial charge >= 0.3 is 0 Å². The second-order valence-corrected chi connectivity index (χ2v) is 20.3. The Morgan fingerprint density at radius 3 is 2.31 bits per heavy atom. The number of ether oxygens (including phenoxy) is 3. The van der Waals surface area contributed by atoms with E-state index in [1.807, 2.05) is 35.2 Å². The number of allylic oxidation sites excluding steroid dienone is 1. The van der Waals surface area contributed by atoms with Gasteiger partial charge in [-0.15, -0.1) is 18.3 Å². The molecule has 6 atom stereocenters. The molecule has 12 nitrogen and oxygen atoms in total. The fourth-order valence-corrected chi connectivity index (χ4v) is 11.7. The molecule has 1 saturated carbocycles. The van der Waals surface area contributed by atoms with Crippen molar-refractivity contribution in [1.29, 1.82) is 0 Å². The maximum atomic E-state index is 14.9. The van der Waals surface area contributed by atoms with Crippen LogP contribution in [0.15, 0.2) is 107 Å². The molecular weight excluding hydrogens is 903 g/mol. The Bertz CT molecular complexity index is 2130. The Kier molecular flexibility index (Phi) is 22.6. The first-order chi connectivity index (χ1) is 34.3. The van der Waals surface area contributed by atoms with E-state index < -0.39 is 22.7 Å². The van der Waals surface area contributed by atoms with Gasteiger partial charge in [0.05, 0.1) is 29.8 Å². The monoisotopic (exact) mass is 982 g/mol. The van der Waals surface area contributed by atoms with Crippen LogP contribution in [0.5, 0.6) is 11.5 Å². The van der Waals surface area contributed by atoms with Gasteiger partial charge in [-0.05, 0) is 104 Å². The van der Waals surface area contributed by atoms with Crippen molar-refractivity contribution in [3.63, 3.8) is 0 Å². The van der Waals surface area contributed by atoms with Gasteiger partial charge in [-0.1, -0.05) is 114 Å². The predicted molar refractivity (Wildman–Crippen MR) is 279 cm³/mol. The van der Waals surface area contributed by atoms with Crippen LogP contribution in [0.25, 0.3) is 0 Å². The SMILES string of the molecule is C=CCOC12Oc3ccc(OCCSc4ccccc4)cc3C3C(CCCCO)C(CCCCO)C=C(C(=NOCc4ccc([N+](=O)[O-])cc4)CC1N(CCC)C(=O)CCCCCCCCCCC)C32. The van der Waals surface area contributed by atoms with Gasteiger partial charge in [0.1, 0.15) is 24.1 Å². The van der Waals surface area contributed by atoms with Gasteiger partial charge in [-0.25, -0.2) is 0 Å². The number of unbranched alkanes of at least 4 members (excludes halogenated alkanes) is 10. The summed E-state index contributed by atoms with van der Waals surface area (Å²) in [7, 11) is 0. The first kappa shape index (κ1) is 54.6. The number of hydrogen-bond donors (Lipinski definition) is 2. The minimum Gasteiger partial charge on any atom is -0.493 e. The summed E-state index contributed by atoms with van der Waals surface area (Å²) in [5.74, 6) is 0.491. The van der Waals surface area contributed by atoms with E-state index in [2.05, 4.69) is 44.7 Å². The molecule has 0 aromatic heterocycles. The molecule has 13 heteroatoms. The Balaban J connectivity index is 1.43. The maximum absolute atomic E-state index is 14.9. The molecule has 2 aliphatic carbocycles. The summed E-state index contributed by atoms with van der Waals surface area (Å²) in [4.78, 5) is 35.3. The first-order valence-electron chi connectivity index (χ1n) is 26.3. The highest BCUT2D eigenvalue weighted by Gasteiger charge is 2.65. The molecule has 70 heavy (non-hydrogen) atoms. The average Bonchev–Trinajstić information content (AvgIpc) is 3.37. The number of oxime groups is 1. The summed E-state index contributed by atoms with van der Waals surface area (Å²) in [6, 6.07) is 22.1. The number of aliphatic hydroxyl groups excluding tert-OH is 2. The third kappa shape index (κ3) is 14.7. The number of amides is 1. The van der Waals surface area contributed by atoms with Gasteiger partial charge in [0.15, 0.2) is 0 Å². The molecule has 3 aromatic rings. The van der Waals surface area contributed by atoms with Crippen LogP contribution in [0.2, 0.25) is 0 Å². The number of carbonyl (C=O) groups excluding carboxylic acids is 1. The molecule has 1 amide bonds. The molecule has 0 saturated heterocycles. The molecular formula is C57H79N3O9S. The highest BCUT2D eigenvalue weighted by molar-refractivity contribution is 7.99. The van der Waals surface area contributed by atoms with Crippen molar-refractivity contribution in [3.05, 3.63) is 118 Å². The third-order valence-corrected chi connectivity index (χ3v) is 15.2. The van der Waals surface area contributed by atoms with Crippen LogP contribution in [0.4, 0.5) is 5.69 Å². The number of thioether (sulfide) groups is 1. The van der Waals surface area contributed by atoms with Crippen molar-refractivity contribution < 1.29 is 39.0 Å². The van der Waals surface area contributed by atoms with Gasteiger partial charge in [-0.3, -0.25) is 14.9 Å². The number of nitro groups is 1. The zero-order chi connectivity index (χ0) is 49.6. The number of aliphatic hydroxyl groups is 2.